The Bertz CT molecular complexity index is 797. The fraction of sp³-hybridized carbons (Fsp3) is 0.263. The summed E-state index contributed by atoms with van der Waals surface area (Å²) in [5, 5.41) is 2.95. The summed E-state index contributed by atoms with van der Waals surface area (Å²) in [5.41, 5.74) is 3.36. The summed E-state index contributed by atoms with van der Waals surface area (Å²) in [7, 11) is 0. The van der Waals surface area contributed by atoms with Crippen LogP contribution in [-0.4, -0.2) is 16.8 Å². The minimum atomic E-state index is -0.863. The van der Waals surface area contributed by atoms with Crippen LogP contribution in [0.4, 0.5) is 4.79 Å². The summed E-state index contributed by atoms with van der Waals surface area (Å²) in [5.74, 6) is -0.131. The van der Waals surface area contributed by atoms with Gasteiger partial charge in [-0.15, -0.1) is 0 Å². The Labute approximate surface area is 135 Å². The normalized spacial score (nSPS) is 22.6. The monoisotopic (exact) mass is 306 g/mol. The summed E-state index contributed by atoms with van der Waals surface area (Å²) in [4.78, 5) is 26.8. The van der Waals surface area contributed by atoms with Gasteiger partial charge in [0.1, 0.15) is 5.54 Å². The van der Waals surface area contributed by atoms with Crippen molar-refractivity contribution in [3.8, 4) is 0 Å². The first kappa shape index (κ1) is 14.0. The molecule has 2 aromatic rings. The molecule has 3 amide bonds. The van der Waals surface area contributed by atoms with E-state index in [-0.39, 0.29) is 11.9 Å². The van der Waals surface area contributed by atoms with Crippen LogP contribution < -0.4 is 5.32 Å². The van der Waals surface area contributed by atoms with E-state index >= 15 is 0 Å². The quantitative estimate of drug-likeness (QED) is 0.867. The fourth-order valence-electron chi connectivity index (χ4n) is 3.61. The summed E-state index contributed by atoms with van der Waals surface area (Å²) in [6.45, 7) is 2.33. The molecule has 4 rings (SSSR count). The molecular formula is C19H18N2O2. The van der Waals surface area contributed by atoms with Crippen LogP contribution >= 0.6 is 0 Å². The first-order valence-electron chi connectivity index (χ1n) is 7.88. The Morgan fingerprint density at radius 1 is 1.09 bits per heavy atom. The number of amides is 3. The molecule has 1 spiro atoms. The van der Waals surface area contributed by atoms with Crippen molar-refractivity contribution in [2.24, 2.45) is 0 Å². The summed E-state index contributed by atoms with van der Waals surface area (Å²) in [6.07, 6.45) is 1.46. The van der Waals surface area contributed by atoms with E-state index in [0.29, 0.717) is 13.0 Å². The zero-order valence-electron chi connectivity index (χ0n) is 13.0. The van der Waals surface area contributed by atoms with Gasteiger partial charge >= 0.3 is 6.03 Å². The number of hydrogen-bond acceptors (Lipinski definition) is 2. The lowest BCUT2D eigenvalue weighted by atomic mass is 9.92. The van der Waals surface area contributed by atoms with Gasteiger partial charge in [0.25, 0.3) is 5.91 Å². The predicted molar refractivity (Wildman–Crippen MR) is 86.7 cm³/mol. The van der Waals surface area contributed by atoms with E-state index in [9.17, 15) is 9.59 Å². The number of hydrogen-bond donors (Lipinski definition) is 1. The van der Waals surface area contributed by atoms with Gasteiger partial charge in [-0.2, -0.15) is 0 Å². The number of nitrogens with zero attached hydrogens (tertiary/aromatic N) is 1. The van der Waals surface area contributed by atoms with E-state index in [1.54, 1.807) is 0 Å². The molecule has 2 aliphatic rings. The van der Waals surface area contributed by atoms with Gasteiger partial charge in [-0.25, -0.2) is 4.79 Å². The molecule has 1 aliphatic heterocycles. The molecule has 1 aliphatic carbocycles. The second-order valence-corrected chi connectivity index (χ2v) is 6.37. The first-order valence-corrected chi connectivity index (χ1v) is 7.88. The van der Waals surface area contributed by atoms with Crippen LogP contribution in [0.1, 0.15) is 28.7 Å². The van der Waals surface area contributed by atoms with Crippen molar-refractivity contribution in [2.75, 3.05) is 0 Å². The van der Waals surface area contributed by atoms with Crippen LogP contribution in [-0.2, 0) is 23.3 Å². The molecule has 0 unspecified atom stereocenters. The van der Waals surface area contributed by atoms with E-state index in [1.165, 1.54) is 4.90 Å². The number of benzene rings is 2. The zero-order valence-corrected chi connectivity index (χ0v) is 13.0. The maximum atomic E-state index is 13.0. The standard InChI is InChI=1S/C19H18N2O2/c1-13-6-8-14(9-7-13)12-21-17(22)19(20-18(21)23)11-10-15-4-2-3-5-16(15)19/h2-9H,10-12H2,1H3,(H,20,23)/t19-/m1/s1. The third-order valence-corrected chi connectivity index (χ3v) is 4.88. The maximum absolute atomic E-state index is 13.0. The number of carbonyl (C=O) groups is 2. The lowest BCUT2D eigenvalue weighted by molar-refractivity contribution is -0.132. The number of imide groups is 1. The minimum absolute atomic E-state index is 0.131. The van der Waals surface area contributed by atoms with E-state index in [4.69, 9.17) is 0 Å². The average Bonchev–Trinajstić information content (AvgIpc) is 3.04. The average molecular weight is 306 g/mol. The molecule has 4 nitrogen and oxygen atoms in total. The summed E-state index contributed by atoms with van der Waals surface area (Å²) < 4.78 is 0. The Hall–Kier alpha value is -2.62. The Kier molecular flexibility index (Phi) is 3.01. The van der Waals surface area contributed by atoms with E-state index < -0.39 is 5.54 Å². The molecule has 0 radical (unpaired) electrons. The Balaban J connectivity index is 1.66. The third kappa shape index (κ3) is 2.05. The van der Waals surface area contributed by atoms with E-state index in [2.05, 4.69) is 5.32 Å². The van der Waals surface area contributed by atoms with Crippen molar-refractivity contribution in [1.82, 2.24) is 10.2 Å². The number of aryl methyl sites for hydroxylation is 2. The van der Waals surface area contributed by atoms with Crippen molar-refractivity contribution in [3.63, 3.8) is 0 Å². The molecule has 0 bridgehead atoms. The zero-order chi connectivity index (χ0) is 16.0. The lowest BCUT2D eigenvalue weighted by Crippen LogP contribution is -2.41. The fourth-order valence-corrected chi connectivity index (χ4v) is 3.61. The second-order valence-electron chi connectivity index (χ2n) is 6.37. The molecular weight excluding hydrogens is 288 g/mol. The highest BCUT2D eigenvalue weighted by molar-refractivity contribution is 6.08. The molecule has 23 heavy (non-hydrogen) atoms. The van der Waals surface area contributed by atoms with E-state index in [1.807, 2.05) is 55.5 Å². The maximum Gasteiger partial charge on any atom is 0.325 e. The van der Waals surface area contributed by atoms with Gasteiger partial charge in [0.05, 0.1) is 6.54 Å². The number of rotatable bonds is 2. The van der Waals surface area contributed by atoms with Crippen LogP contribution in [0.3, 0.4) is 0 Å². The molecule has 4 heteroatoms. The molecule has 1 N–H and O–H groups in total. The van der Waals surface area contributed by atoms with Crippen LogP contribution in [0.25, 0.3) is 0 Å². The highest BCUT2D eigenvalue weighted by Gasteiger charge is 2.55. The van der Waals surface area contributed by atoms with Crippen molar-refractivity contribution in [2.45, 2.75) is 31.8 Å². The van der Waals surface area contributed by atoms with Crippen LogP contribution in [0.2, 0.25) is 0 Å². The largest absolute Gasteiger partial charge is 0.325 e. The highest BCUT2D eigenvalue weighted by atomic mass is 16.2. The molecule has 116 valence electrons. The lowest BCUT2D eigenvalue weighted by Gasteiger charge is -2.22. The molecule has 1 fully saturated rings. The summed E-state index contributed by atoms with van der Waals surface area (Å²) in [6, 6.07) is 15.5. The number of nitrogens with one attached hydrogen (secondary N) is 1. The van der Waals surface area contributed by atoms with Gasteiger partial charge in [0.2, 0.25) is 0 Å². The van der Waals surface area contributed by atoms with Crippen molar-refractivity contribution in [3.05, 3.63) is 70.8 Å². The van der Waals surface area contributed by atoms with Gasteiger partial charge in [-0.1, -0.05) is 54.1 Å². The first-order chi connectivity index (χ1) is 11.1. The van der Waals surface area contributed by atoms with Gasteiger partial charge < -0.3 is 5.32 Å². The molecule has 2 aromatic carbocycles. The molecule has 0 saturated carbocycles. The number of urea groups is 1. The third-order valence-electron chi connectivity index (χ3n) is 4.88. The topological polar surface area (TPSA) is 49.4 Å². The molecule has 0 aromatic heterocycles. The van der Waals surface area contributed by atoms with E-state index in [0.717, 1.165) is 28.7 Å². The number of fused-ring (bicyclic) bond motifs is 2. The highest BCUT2D eigenvalue weighted by Crippen LogP contribution is 2.41. The SMILES string of the molecule is Cc1ccc(CN2C(=O)N[C@@]3(CCc4ccccc43)C2=O)cc1. The molecule has 1 heterocycles. The van der Waals surface area contributed by atoms with Gasteiger partial charge in [0, 0.05) is 0 Å². The van der Waals surface area contributed by atoms with Crippen molar-refractivity contribution < 1.29 is 9.59 Å². The Morgan fingerprint density at radius 3 is 2.61 bits per heavy atom. The van der Waals surface area contributed by atoms with Gasteiger partial charge in [-0.3, -0.25) is 9.69 Å². The number of carbonyl (C=O) groups excluding carboxylic acids is 2. The second kappa shape index (κ2) is 4.95. The minimum Gasteiger partial charge on any atom is -0.319 e. The van der Waals surface area contributed by atoms with Crippen LogP contribution in [0, 0.1) is 6.92 Å². The summed E-state index contributed by atoms with van der Waals surface area (Å²) >= 11 is 0. The van der Waals surface area contributed by atoms with Crippen LogP contribution in [0.5, 0.6) is 0 Å². The molecule has 1 atom stereocenters. The van der Waals surface area contributed by atoms with Crippen molar-refractivity contribution >= 4 is 11.9 Å². The molecule has 1 saturated heterocycles. The van der Waals surface area contributed by atoms with Crippen LogP contribution in [0.15, 0.2) is 48.5 Å². The van der Waals surface area contributed by atoms with Gasteiger partial charge in [0.15, 0.2) is 0 Å². The Morgan fingerprint density at radius 2 is 1.83 bits per heavy atom. The predicted octanol–water partition coefficient (Wildman–Crippen LogP) is 2.89. The smallest absolute Gasteiger partial charge is 0.319 e. The van der Waals surface area contributed by atoms with Gasteiger partial charge in [-0.05, 0) is 36.5 Å². The van der Waals surface area contributed by atoms with Crippen molar-refractivity contribution in [1.29, 1.82) is 0 Å².